The molecule has 1 amide bonds. The Morgan fingerprint density at radius 2 is 1.86 bits per heavy atom. The lowest BCUT2D eigenvalue weighted by atomic mass is 9.65. The lowest BCUT2D eigenvalue weighted by Crippen LogP contribution is -2.52. The van der Waals surface area contributed by atoms with Crippen LogP contribution in [0.25, 0.3) is 0 Å². The summed E-state index contributed by atoms with van der Waals surface area (Å²) < 4.78 is 9.66. The predicted octanol–water partition coefficient (Wildman–Crippen LogP) is 0.444. The summed E-state index contributed by atoms with van der Waals surface area (Å²) in [6, 6.07) is -0.499. The van der Waals surface area contributed by atoms with Crippen LogP contribution in [0.4, 0.5) is 0 Å². The number of nitrogens with one attached hydrogen (secondary N) is 1. The first-order valence-corrected chi connectivity index (χ1v) is 7.69. The molecule has 0 aromatic rings. The van der Waals surface area contributed by atoms with Crippen molar-refractivity contribution < 1.29 is 19.1 Å². The van der Waals surface area contributed by atoms with E-state index in [2.05, 4.69) is 5.32 Å². The summed E-state index contributed by atoms with van der Waals surface area (Å²) in [5.41, 5.74) is 6.24. The van der Waals surface area contributed by atoms with Gasteiger partial charge in [0, 0.05) is 19.1 Å². The van der Waals surface area contributed by atoms with E-state index in [4.69, 9.17) is 15.2 Å². The van der Waals surface area contributed by atoms with Gasteiger partial charge in [0.25, 0.3) is 0 Å². The molecule has 0 aromatic carbocycles. The van der Waals surface area contributed by atoms with E-state index in [1.807, 2.05) is 0 Å². The van der Waals surface area contributed by atoms with Crippen molar-refractivity contribution in [2.24, 2.45) is 23.5 Å². The van der Waals surface area contributed by atoms with Crippen LogP contribution >= 0.6 is 0 Å². The predicted molar refractivity (Wildman–Crippen MR) is 77.4 cm³/mol. The first-order chi connectivity index (χ1) is 10.1. The number of carbonyl (C=O) groups excluding carboxylic acids is 2. The van der Waals surface area contributed by atoms with Crippen molar-refractivity contribution in [3.05, 3.63) is 0 Å². The Balaban J connectivity index is 1.95. The van der Waals surface area contributed by atoms with Crippen molar-refractivity contribution in [1.29, 1.82) is 0 Å². The third-order valence-corrected chi connectivity index (χ3v) is 4.92. The minimum Gasteiger partial charge on any atom is -0.467 e. The van der Waals surface area contributed by atoms with Crippen LogP contribution in [0, 0.1) is 17.8 Å². The number of hydrogen-bond acceptors (Lipinski definition) is 5. The fourth-order valence-electron chi connectivity index (χ4n) is 3.77. The topological polar surface area (TPSA) is 90.6 Å². The highest BCUT2D eigenvalue weighted by Gasteiger charge is 2.41. The van der Waals surface area contributed by atoms with Crippen LogP contribution in [-0.4, -0.2) is 44.8 Å². The lowest BCUT2D eigenvalue weighted by molar-refractivity contribution is -0.147. The van der Waals surface area contributed by atoms with Crippen molar-refractivity contribution in [1.82, 2.24) is 5.32 Å². The second-order valence-corrected chi connectivity index (χ2v) is 6.24. The van der Waals surface area contributed by atoms with Crippen molar-refractivity contribution >= 4 is 11.9 Å². The molecule has 3 atom stereocenters. The van der Waals surface area contributed by atoms with Gasteiger partial charge in [-0.05, 0) is 37.5 Å². The zero-order valence-corrected chi connectivity index (χ0v) is 12.8. The average Bonchev–Trinajstić information content (AvgIpc) is 2.45. The molecular weight excluding hydrogens is 272 g/mol. The first kappa shape index (κ1) is 16.2. The molecule has 6 heteroatoms. The first-order valence-electron chi connectivity index (χ1n) is 7.69. The number of rotatable bonds is 5. The zero-order chi connectivity index (χ0) is 15.4. The average molecular weight is 298 g/mol. The smallest absolute Gasteiger partial charge is 0.330 e. The van der Waals surface area contributed by atoms with Gasteiger partial charge < -0.3 is 20.5 Å². The second-order valence-electron chi connectivity index (χ2n) is 6.24. The molecule has 6 nitrogen and oxygen atoms in total. The maximum absolute atomic E-state index is 12.4. The summed E-state index contributed by atoms with van der Waals surface area (Å²) in [7, 11) is 2.80. The van der Waals surface area contributed by atoms with Crippen LogP contribution in [-0.2, 0) is 19.1 Å². The highest BCUT2D eigenvalue weighted by atomic mass is 16.5. The van der Waals surface area contributed by atoms with Crippen LogP contribution < -0.4 is 11.1 Å². The van der Waals surface area contributed by atoms with Gasteiger partial charge in [0.2, 0.25) is 5.91 Å². The van der Waals surface area contributed by atoms with Crippen molar-refractivity contribution in [3.8, 4) is 0 Å². The Morgan fingerprint density at radius 3 is 2.38 bits per heavy atom. The quantitative estimate of drug-likeness (QED) is 0.719. The molecular formula is C15H26N2O4. The van der Waals surface area contributed by atoms with Crippen LogP contribution in [0.1, 0.15) is 32.1 Å². The summed E-state index contributed by atoms with van der Waals surface area (Å²) in [5.74, 6) is 0.271. The maximum Gasteiger partial charge on any atom is 0.330 e. The molecule has 2 saturated carbocycles. The van der Waals surface area contributed by atoms with E-state index in [1.54, 1.807) is 0 Å². The van der Waals surface area contributed by atoms with Crippen LogP contribution in [0.15, 0.2) is 0 Å². The third-order valence-electron chi connectivity index (χ3n) is 4.92. The Bertz CT molecular complexity index is 374. The SMILES string of the molecule is COCC(NC(=O)C1CC2CCCC(C1)C2N)C(=O)OC. The maximum atomic E-state index is 12.4. The Hall–Kier alpha value is -1.14. The fourth-order valence-corrected chi connectivity index (χ4v) is 3.77. The minimum absolute atomic E-state index is 0.0517. The van der Waals surface area contributed by atoms with Crippen LogP contribution in [0.5, 0.6) is 0 Å². The van der Waals surface area contributed by atoms with Gasteiger partial charge in [0.1, 0.15) is 0 Å². The van der Waals surface area contributed by atoms with E-state index < -0.39 is 12.0 Å². The molecule has 2 fully saturated rings. The lowest BCUT2D eigenvalue weighted by Gasteiger charge is -2.43. The van der Waals surface area contributed by atoms with Gasteiger partial charge in [-0.15, -0.1) is 0 Å². The van der Waals surface area contributed by atoms with Crippen molar-refractivity contribution in [2.75, 3.05) is 20.8 Å². The minimum atomic E-state index is -0.733. The summed E-state index contributed by atoms with van der Waals surface area (Å²) in [4.78, 5) is 24.1. The molecule has 0 aromatic heterocycles. The number of amides is 1. The third kappa shape index (κ3) is 3.74. The molecule has 3 unspecified atom stereocenters. The van der Waals surface area contributed by atoms with Gasteiger partial charge in [0.15, 0.2) is 6.04 Å². The standard InChI is InChI=1S/C15H26N2O4/c1-20-8-12(15(19)21-2)17-14(18)11-6-9-4-3-5-10(7-11)13(9)16/h9-13H,3-8,16H2,1-2H3,(H,17,18). The van der Waals surface area contributed by atoms with Crippen molar-refractivity contribution in [2.45, 2.75) is 44.2 Å². The second kappa shape index (κ2) is 7.22. The van der Waals surface area contributed by atoms with Gasteiger partial charge in [-0.2, -0.15) is 0 Å². The van der Waals surface area contributed by atoms with E-state index in [0.717, 1.165) is 25.7 Å². The number of nitrogens with two attached hydrogens (primary N) is 1. The Labute approximate surface area is 125 Å². The van der Waals surface area contributed by atoms with E-state index >= 15 is 0 Å². The number of hydrogen-bond donors (Lipinski definition) is 2. The molecule has 0 aliphatic heterocycles. The van der Waals surface area contributed by atoms with Gasteiger partial charge in [-0.3, -0.25) is 4.79 Å². The van der Waals surface area contributed by atoms with Crippen LogP contribution in [0.3, 0.4) is 0 Å². The van der Waals surface area contributed by atoms with Gasteiger partial charge in [-0.25, -0.2) is 4.79 Å². The van der Waals surface area contributed by atoms with Gasteiger partial charge >= 0.3 is 5.97 Å². The fraction of sp³-hybridized carbons (Fsp3) is 0.867. The van der Waals surface area contributed by atoms with E-state index in [1.165, 1.54) is 20.6 Å². The molecule has 120 valence electrons. The normalized spacial score (nSPS) is 33.1. The van der Waals surface area contributed by atoms with Crippen molar-refractivity contribution in [3.63, 3.8) is 0 Å². The van der Waals surface area contributed by atoms with E-state index in [9.17, 15) is 9.59 Å². The van der Waals surface area contributed by atoms with Gasteiger partial charge in [-0.1, -0.05) is 6.42 Å². The molecule has 0 radical (unpaired) electrons. The van der Waals surface area contributed by atoms with Crippen LogP contribution in [0.2, 0.25) is 0 Å². The zero-order valence-electron chi connectivity index (χ0n) is 12.8. The molecule has 2 bridgehead atoms. The molecule has 3 N–H and O–H groups in total. The summed E-state index contributed by atoms with van der Waals surface area (Å²) in [6.07, 6.45) is 5.08. The number of fused-ring (bicyclic) bond motifs is 2. The van der Waals surface area contributed by atoms with E-state index in [-0.39, 0.29) is 24.5 Å². The number of ether oxygens (including phenoxy) is 2. The Morgan fingerprint density at radius 1 is 1.24 bits per heavy atom. The summed E-state index contributed by atoms with van der Waals surface area (Å²) in [6.45, 7) is 0.123. The monoisotopic (exact) mass is 298 g/mol. The molecule has 0 saturated heterocycles. The molecule has 2 rings (SSSR count). The highest BCUT2D eigenvalue weighted by molar-refractivity contribution is 5.85. The molecule has 21 heavy (non-hydrogen) atoms. The number of carbonyl (C=O) groups is 2. The molecule has 2 aliphatic rings. The summed E-state index contributed by atoms with van der Waals surface area (Å²) in [5, 5.41) is 2.76. The molecule has 2 aliphatic carbocycles. The Kier molecular flexibility index (Phi) is 5.58. The number of esters is 1. The molecule has 0 heterocycles. The largest absolute Gasteiger partial charge is 0.467 e. The molecule has 0 spiro atoms. The van der Waals surface area contributed by atoms with Gasteiger partial charge in [0.05, 0.1) is 13.7 Å². The summed E-state index contributed by atoms with van der Waals surface area (Å²) >= 11 is 0. The van der Waals surface area contributed by atoms with E-state index in [0.29, 0.717) is 11.8 Å². The number of methoxy groups -OCH3 is 2. The highest BCUT2D eigenvalue weighted by Crippen LogP contribution is 2.41.